The van der Waals surface area contributed by atoms with Gasteiger partial charge in [0, 0.05) is 11.6 Å². The van der Waals surface area contributed by atoms with Crippen LogP contribution in [0.3, 0.4) is 0 Å². The number of benzene rings is 1. The molecule has 0 aromatic heterocycles. The van der Waals surface area contributed by atoms with Gasteiger partial charge in [-0.15, -0.1) is 0 Å². The topological polar surface area (TPSA) is 12.0 Å². The van der Waals surface area contributed by atoms with Crippen molar-refractivity contribution >= 4 is 0 Å². The Morgan fingerprint density at radius 1 is 1.38 bits per heavy atom. The van der Waals surface area contributed by atoms with Crippen LogP contribution in [0.5, 0.6) is 0 Å². The zero-order valence-corrected chi connectivity index (χ0v) is 10.3. The maximum atomic E-state index is 13.8. The first-order valence-electron chi connectivity index (χ1n) is 6.06. The number of aryl methyl sites for hydroxylation is 1. The van der Waals surface area contributed by atoms with Crippen LogP contribution in [0.2, 0.25) is 0 Å². The van der Waals surface area contributed by atoms with Crippen LogP contribution in [0, 0.1) is 24.6 Å². The molecule has 1 nitrogen and oxygen atoms in total. The molecule has 0 saturated heterocycles. The fourth-order valence-electron chi connectivity index (χ4n) is 2.50. The van der Waals surface area contributed by atoms with Crippen molar-refractivity contribution in [2.45, 2.75) is 32.7 Å². The molecule has 88 valence electrons. The van der Waals surface area contributed by atoms with Crippen LogP contribution in [0.4, 0.5) is 4.39 Å². The van der Waals surface area contributed by atoms with Gasteiger partial charge in [0.2, 0.25) is 0 Å². The third-order valence-electron chi connectivity index (χ3n) is 3.69. The summed E-state index contributed by atoms with van der Waals surface area (Å²) in [7, 11) is 1.92. The van der Waals surface area contributed by atoms with Crippen molar-refractivity contribution in [3.05, 3.63) is 35.1 Å². The molecule has 2 atom stereocenters. The van der Waals surface area contributed by atoms with Crippen LogP contribution in [0.25, 0.3) is 0 Å². The van der Waals surface area contributed by atoms with Gasteiger partial charge >= 0.3 is 0 Å². The first-order valence-corrected chi connectivity index (χ1v) is 6.06. The average Bonchev–Trinajstić information content (AvgIpc) is 3.07. The Balaban J connectivity index is 2.27. The summed E-state index contributed by atoms with van der Waals surface area (Å²) in [5.74, 6) is 1.20. The largest absolute Gasteiger partial charge is 0.313 e. The summed E-state index contributed by atoms with van der Waals surface area (Å²) < 4.78 is 13.8. The van der Waals surface area contributed by atoms with Crippen molar-refractivity contribution in [3.8, 4) is 0 Å². The first kappa shape index (κ1) is 11.6. The predicted octanol–water partition coefficient (Wildman–Crippen LogP) is 3.44. The molecule has 0 spiro atoms. The highest BCUT2D eigenvalue weighted by Gasteiger charge is 2.34. The number of halogens is 1. The lowest BCUT2D eigenvalue weighted by atomic mass is 9.90. The van der Waals surface area contributed by atoms with Crippen LogP contribution < -0.4 is 5.32 Å². The minimum Gasteiger partial charge on any atom is -0.313 e. The van der Waals surface area contributed by atoms with Crippen molar-refractivity contribution in [1.82, 2.24) is 5.32 Å². The number of nitrogens with one attached hydrogen (secondary N) is 1. The Hall–Kier alpha value is -0.890. The fraction of sp³-hybridized carbons (Fsp3) is 0.571. The molecular formula is C14H20FN. The van der Waals surface area contributed by atoms with Gasteiger partial charge in [0.15, 0.2) is 0 Å². The van der Waals surface area contributed by atoms with Crippen molar-refractivity contribution in [2.75, 3.05) is 7.05 Å². The quantitative estimate of drug-likeness (QED) is 0.821. The Morgan fingerprint density at radius 3 is 2.62 bits per heavy atom. The maximum Gasteiger partial charge on any atom is 0.128 e. The highest BCUT2D eigenvalue weighted by atomic mass is 19.1. The van der Waals surface area contributed by atoms with E-state index in [0.717, 1.165) is 17.0 Å². The van der Waals surface area contributed by atoms with Crippen molar-refractivity contribution < 1.29 is 4.39 Å². The van der Waals surface area contributed by atoms with Gasteiger partial charge in [-0.05, 0) is 44.7 Å². The number of rotatable bonds is 4. The smallest absolute Gasteiger partial charge is 0.128 e. The number of hydrogen-bond donors (Lipinski definition) is 1. The molecule has 1 fully saturated rings. The van der Waals surface area contributed by atoms with Crippen LogP contribution in [-0.4, -0.2) is 7.05 Å². The van der Waals surface area contributed by atoms with E-state index in [9.17, 15) is 4.39 Å². The highest BCUT2D eigenvalue weighted by Crippen LogP contribution is 2.42. The van der Waals surface area contributed by atoms with E-state index in [2.05, 4.69) is 12.2 Å². The molecule has 1 aliphatic carbocycles. The van der Waals surface area contributed by atoms with E-state index in [0.29, 0.717) is 5.92 Å². The molecule has 1 aromatic rings. The lowest BCUT2D eigenvalue weighted by molar-refractivity contribution is 0.358. The molecule has 0 radical (unpaired) electrons. The third kappa shape index (κ3) is 2.27. The Kier molecular flexibility index (Phi) is 3.29. The van der Waals surface area contributed by atoms with Crippen LogP contribution >= 0.6 is 0 Å². The van der Waals surface area contributed by atoms with Gasteiger partial charge in [0.1, 0.15) is 5.82 Å². The lowest BCUT2D eigenvalue weighted by Crippen LogP contribution is -2.25. The summed E-state index contributed by atoms with van der Waals surface area (Å²) in [5, 5.41) is 3.27. The molecule has 0 amide bonds. The third-order valence-corrected chi connectivity index (χ3v) is 3.69. The van der Waals surface area contributed by atoms with E-state index in [1.54, 1.807) is 6.07 Å². The minimum atomic E-state index is -0.0857. The van der Waals surface area contributed by atoms with E-state index < -0.39 is 0 Å². The Bertz CT molecular complexity index is 371. The van der Waals surface area contributed by atoms with E-state index in [1.807, 2.05) is 26.1 Å². The standard InChI is InChI=1S/C14H20FN/c1-9-4-7-13(15)12(8-9)14(16-3)10(2)11-5-6-11/h4,7-8,10-11,14,16H,5-6H2,1-3H3. The zero-order chi connectivity index (χ0) is 11.7. The molecular weight excluding hydrogens is 201 g/mol. The van der Waals surface area contributed by atoms with E-state index in [4.69, 9.17) is 0 Å². The molecule has 16 heavy (non-hydrogen) atoms. The SMILES string of the molecule is CNC(c1cc(C)ccc1F)C(C)C1CC1. The van der Waals surface area contributed by atoms with Gasteiger partial charge < -0.3 is 5.32 Å². The second kappa shape index (κ2) is 4.54. The van der Waals surface area contributed by atoms with Crippen molar-refractivity contribution in [3.63, 3.8) is 0 Å². The molecule has 0 aliphatic heterocycles. The molecule has 2 rings (SSSR count). The Labute approximate surface area is 97.1 Å². The van der Waals surface area contributed by atoms with Crippen molar-refractivity contribution in [2.24, 2.45) is 11.8 Å². The van der Waals surface area contributed by atoms with Gasteiger partial charge in [0.25, 0.3) is 0 Å². The summed E-state index contributed by atoms with van der Waals surface area (Å²) >= 11 is 0. The average molecular weight is 221 g/mol. The van der Waals surface area contributed by atoms with Gasteiger partial charge in [-0.2, -0.15) is 0 Å². The van der Waals surface area contributed by atoms with Gasteiger partial charge in [-0.3, -0.25) is 0 Å². The zero-order valence-electron chi connectivity index (χ0n) is 10.3. The van der Waals surface area contributed by atoms with Crippen LogP contribution in [-0.2, 0) is 0 Å². The molecule has 1 aromatic carbocycles. The van der Waals surface area contributed by atoms with Crippen LogP contribution in [0.1, 0.15) is 36.9 Å². The molecule has 2 unspecified atom stereocenters. The van der Waals surface area contributed by atoms with Gasteiger partial charge in [-0.25, -0.2) is 4.39 Å². The first-order chi connectivity index (χ1) is 7.63. The maximum absolute atomic E-state index is 13.8. The molecule has 1 saturated carbocycles. The molecule has 1 N–H and O–H groups in total. The van der Waals surface area contributed by atoms with Crippen molar-refractivity contribution in [1.29, 1.82) is 0 Å². The van der Waals surface area contributed by atoms with Gasteiger partial charge in [0.05, 0.1) is 0 Å². The normalized spacial score (nSPS) is 19.5. The van der Waals surface area contributed by atoms with E-state index in [1.165, 1.54) is 12.8 Å². The van der Waals surface area contributed by atoms with Crippen LogP contribution in [0.15, 0.2) is 18.2 Å². The molecule has 2 heteroatoms. The monoisotopic (exact) mass is 221 g/mol. The summed E-state index contributed by atoms with van der Waals surface area (Å²) in [5.41, 5.74) is 1.95. The molecule has 0 bridgehead atoms. The fourth-order valence-corrected chi connectivity index (χ4v) is 2.50. The number of hydrogen-bond acceptors (Lipinski definition) is 1. The summed E-state index contributed by atoms with van der Waals surface area (Å²) in [6.07, 6.45) is 2.60. The van der Waals surface area contributed by atoms with Gasteiger partial charge in [-0.1, -0.05) is 24.6 Å². The lowest BCUT2D eigenvalue weighted by Gasteiger charge is -2.24. The summed E-state index contributed by atoms with van der Waals surface area (Å²) in [4.78, 5) is 0. The molecule has 0 heterocycles. The van der Waals surface area contributed by atoms with E-state index >= 15 is 0 Å². The van der Waals surface area contributed by atoms with E-state index in [-0.39, 0.29) is 11.9 Å². The summed E-state index contributed by atoms with van der Waals surface area (Å²) in [6.45, 7) is 4.23. The minimum absolute atomic E-state index is 0.0857. The second-order valence-electron chi connectivity index (χ2n) is 4.99. The highest BCUT2D eigenvalue weighted by molar-refractivity contribution is 5.27. The second-order valence-corrected chi connectivity index (χ2v) is 4.99. The predicted molar refractivity (Wildman–Crippen MR) is 64.8 cm³/mol. The Morgan fingerprint density at radius 2 is 2.06 bits per heavy atom. The molecule has 1 aliphatic rings. The summed E-state index contributed by atoms with van der Waals surface area (Å²) in [6, 6.07) is 5.52.